The molecule has 0 radical (unpaired) electrons. The van der Waals surface area contributed by atoms with Crippen molar-refractivity contribution in [3.63, 3.8) is 0 Å². The van der Waals surface area contributed by atoms with E-state index < -0.39 is 22.4 Å². The van der Waals surface area contributed by atoms with Gasteiger partial charge in [-0.3, -0.25) is 4.21 Å². The van der Waals surface area contributed by atoms with Crippen molar-refractivity contribution in [2.45, 2.75) is 23.8 Å². The van der Waals surface area contributed by atoms with Crippen LogP contribution in [-0.4, -0.2) is 22.5 Å². The maximum Gasteiger partial charge on any atom is 0.139 e. The SMILES string of the molecule is O=S(CCNC1CC1)c1cc(F)ccc1F. The molecular weight excluding hydrogens is 232 g/mol. The molecule has 1 atom stereocenters. The van der Waals surface area contributed by atoms with Crippen LogP contribution < -0.4 is 5.32 Å². The van der Waals surface area contributed by atoms with Crippen LogP contribution in [0.1, 0.15) is 12.8 Å². The number of halogens is 2. The van der Waals surface area contributed by atoms with Crippen LogP contribution in [0.15, 0.2) is 23.1 Å². The second-order valence-corrected chi connectivity index (χ2v) is 5.39. The fraction of sp³-hybridized carbons (Fsp3) is 0.455. The Morgan fingerprint density at radius 1 is 1.38 bits per heavy atom. The number of nitrogens with one attached hydrogen (secondary N) is 1. The zero-order valence-corrected chi connectivity index (χ0v) is 9.53. The van der Waals surface area contributed by atoms with E-state index in [4.69, 9.17) is 0 Å². The van der Waals surface area contributed by atoms with Crippen molar-refractivity contribution in [2.75, 3.05) is 12.3 Å². The lowest BCUT2D eigenvalue weighted by Crippen LogP contribution is -2.22. The van der Waals surface area contributed by atoms with Gasteiger partial charge >= 0.3 is 0 Å². The highest BCUT2D eigenvalue weighted by Crippen LogP contribution is 2.18. The molecule has 2 nitrogen and oxygen atoms in total. The van der Waals surface area contributed by atoms with Gasteiger partial charge in [-0.15, -0.1) is 0 Å². The van der Waals surface area contributed by atoms with Crippen molar-refractivity contribution < 1.29 is 13.0 Å². The molecule has 1 N–H and O–H groups in total. The quantitative estimate of drug-likeness (QED) is 0.857. The lowest BCUT2D eigenvalue weighted by Gasteiger charge is -2.04. The van der Waals surface area contributed by atoms with E-state index in [1.165, 1.54) is 0 Å². The Labute approximate surface area is 95.5 Å². The summed E-state index contributed by atoms with van der Waals surface area (Å²) >= 11 is 0. The second-order valence-electron chi connectivity index (χ2n) is 3.85. The van der Waals surface area contributed by atoms with Crippen LogP contribution >= 0.6 is 0 Å². The lowest BCUT2D eigenvalue weighted by molar-refractivity contribution is 0.571. The predicted molar refractivity (Wildman–Crippen MR) is 58.7 cm³/mol. The van der Waals surface area contributed by atoms with E-state index in [2.05, 4.69) is 5.32 Å². The molecule has 0 saturated heterocycles. The van der Waals surface area contributed by atoms with E-state index in [1.807, 2.05) is 0 Å². The smallest absolute Gasteiger partial charge is 0.139 e. The number of hydrogen-bond donors (Lipinski definition) is 1. The van der Waals surface area contributed by atoms with Gasteiger partial charge in [0.1, 0.15) is 11.6 Å². The molecule has 0 heterocycles. The van der Waals surface area contributed by atoms with Crippen LogP contribution in [0.5, 0.6) is 0 Å². The molecule has 2 rings (SSSR count). The van der Waals surface area contributed by atoms with E-state index in [9.17, 15) is 13.0 Å². The molecule has 0 amide bonds. The van der Waals surface area contributed by atoms with Crippen LogP contribution in [-0.2, 0) is 10.8 Å². The summed E-state index contributed by atoms with van der Waals surface area (Å²) in [5.74, 6) is -0.845. The summed E-state index contributed by atoms with van der Waals surface area (Å²) in [6.45, 7) is 0.577. The summed E-state index contributed by atoms with van der Waals surface area (Å²) in [5, 5.41) is 3.18. The van der Waals surface area contributed by atoms with Crippen molar-refractivity contribution in [3.05, 3.63) is 29.8 Å². The molecule has 0 aromatic heterocycles. The molecule has 1 fully saturated rings. The summed E-state index contributed by atoms with van der Waals surface area (Å²) in [6.07, 6.45) is 2.31. The number of benzene rings is 1. The molecule has 88 valence electrons. The molecule has 1 aromatic rings. The van der Waals surface area contributed by atoms with Crippen LogP contribution in [0.25, 0.3) is 0 Å². The molecule has 5 heteroatoms. The number of hydrogen-bond acceptors (Lipinski definition) is 2. The van der Waals surface area contributed by atoms with Crippen molar-refractivity contribution in [1.29, 1.82) is 0 Å². The van der Waals surface area contributed by atoms with Crippen LogP contribution in [0.2, 0.25) is 0 Å². The Bertz CT molecular complexity index is 407. The summed E-state index contributed by atoms with van der Waals surface area (Å²) < 4.78 is 37.8. The van der Waals surface area contributed by atoms with Gasteiger partial charge in [0.15, 0.2) is 0 Å². The third-order valence-electron chi connectivity index (χ3n) is 2.44. The van der Waals surface area contributed by atoms with E-state index in [0.717, 1.165) is 31.0 Å². The van der Waals surface area contributed by atoms with Gasteiger partial charge in [-0.25, -0.2) is 8.78 Å². The Kier molecular flexibility index (Phi) is 3.66. The minimum absolute atomic E-state index is 0.0439. The third kappa shape index (κ3) is 3.09. The van der Waals surface area contributed by atoms with E-state index in [-0.39, 0.29) is 4.90 Å². The third-order valence-corrected chi connectivity index (χ3v) is 3.81. The molecule has 0 aliphatic heterocycles. The lowest BCUT2D eigenvalue weighted by atomic mass is 10.3. The van der Waals surface area contributed by atoms with E-state index in [0.29, 0.717) is 18.3 Å². The zero-order chi connectivity index (χ0) is 11.5. The molecular formula is C11H13F2NOS. The van der Waals surface area contributed by atoms with Gasteiger partial charge < -0.3 is 5.32 Å². The van der Waals surface area contributed by atoms with E-state index >= 15 is 0 Å². The maximum atomic E-state index is 13.2. The average molecular weight is 245 g/mol. The predicted octanol–water partition coefficient (Wildman–Crippen LogP) is 1.82. The minimum atomic E-state index is -1.47. The highest BCUT2D eigenvalue weighted by Gasteiger charge is 2.20. The molecule has 1 aromatic carbocycles. The van der Waals surface area contributed by atoms with E-state index in [1.54, 1.807) is 0 Å². The van der Waals surface area contributed by atoms with Gasteiger partial charge in [-0.2, -0.15) is 0 Å². The molecule has 1 aliphatic rings. The van der Waals surface area contributed by atoms with Gasteiger partial charge in [0, 0.05) is 18.3 Å². The Hall–Kier alpha value is -0.810. The Morgan fingerprint density at radius 3 is 2.81 bits per heavy atom. The molecule has 1 aliphatic carbocycles. The van der Waals surface area contributed by atoms with Crippen molar-refractivity contribution in [2.24, 2.45) is 0 Å². The minimum Gasteiger partial charge on any atom is -0.313 e. The van der Waals surface area contributed by atoms with Gasteiger partial charge in [0.2, 0.25) is 0 Å². The fourth-order valence-corrected chi connectivity index (χ4v) is 2.46. The highest BCUT2D eigenvalue weighted by molar-refractivity contribution is 7.85. The average Bonchev–Trinajstić information content (AvgIpc) is 3.05. The first-order valence-electron chi connectivity index (χ1n) is 5.23. The highest BCUT2D eigenvalue weighted by atomic mass is 32.2. The molecule has 0 spiro atoms. The Balaban J connectivity index is 1.93. The molecule has 1 saturated carbocycles. The van der Waals surface area contributed by atoms with Gasteiger partial charge in [-0.1, -0.05) is 0 Å². The summed E-state index contributed by atoms with van der Waals surface area (Å²) in [5.41, 5.74) is 0. The maximum absolute atomic E-state index is 13.2. The molecule has 1 unspecified atom stereocenters. The van der Waals surface area contributed by atoms with Crippen molar-refractivity contribution in [1.82, 2.24) is 5.32 Å². The second kappa shape index (κ2) is 5.01. The monoisotopic (exact) mass is 245 g/mol. The van der Waals surface area contributed by atoms with Gasteiger partial charge in [-0.05, 0) is 31.0 Å². The van der Waals surface area contributed by atoms with Gasteiger partial charge in [0.05, 0.1) is 15.7 Å². The first-order valence-corrected chi connectivity index (χ1v) is 6.55. The summed E-state index contributed by atoms with van der Waals surface area (Å²) in [4.78, 5) is -0.0439. The van der Waals surface area contributed by atoms with Crippen LogP contribution in [0.3, 0.4) is 0 Å². The standard InChI is InChI=1S/C11H13F2NOS/c12-8-1-4-10(13)11(7-8)16(15)6-5-14-9-2-3-9/h1,4,7,9,14H,2-3,5-6H2. The fourth-order valence-electron chi connectivity index (χ4n) is 1.40. The van der Waals surface area contributed by atoms with Crippen LogP contribution in [0.4, 0.5) is 8.78 Å². The normalized spacial score (nSPS) is 17.4. The topological polar surface area (TPSA) is 29.1 Å². The first kappa shape index (κ1) is 11.7. The zero-order valence-electron chi connectivity index (χ0n) is 8.71. The molecule has 0 bridgehead atoms. The molecule has 16 heavy (non-hydrogen) atoms. The Morgan fingerprint density at radius 2 is 2.12 bits per heavy atom. The van der Waals surface area contributed by atoms with Crippen molar-refractivity contribution in [3.8, 4) is 0 Å². The largest absolute Gasteiger partial charge is 0.313 e. The summed E-state index contributed by atoms with van der Waals surface area (Å²) in [7, 11) is -1.47. The van der Waals surface area contributed by atoms with Gasteiger partial charge in [0.25, 0.3) is 0 Å². The first-order chi connectivity index (χ1) is 7.66. The summed E-state index contributed by atoms with van der Waals surface area (Å²) in [6, 6.07) is 3.58. The van der Waals surface area contributed by atoms with Crippen LogP contribution in [0, 0.1) is 11.6 Å². The van der Waals surface area contributed by atoms with Crippen molar-refractivity contribution >= 4 is 10.8 Å². The number of rotatable bonds is 5.